The fraction of sp³-hybridized carbons (Fsp3) is 0.143. The van der Waals surface area contributed by atoms with Gasteiger partial charge >= 0.3 is 0 Å². The van der Waals surface area contributed by atoms with Crippen molar-refractivity contribution in [2.45, 2.75) is 38.5 Å². The van der Waals surface area contributed by atoms with Crippen LogP contribution in [0.3, 0.4) is 0 Å². The van der Waals surface area contributed by atoms with E-state index in [2.05, 4.69) is 143 Å². The Labute approximate surface area is 252 Å². The summed E-state index contributed by atoms with van der Waals surface area (Å²) in [6.45, 7) is 9.45. The summed E-state index contributed by atoms with van der Waals surface area (Å²) in [7, 11) is 0. The third-order valence-electron chi connectivity index (χ3n) is 10.3. The fourth-order valence-corrected chi connectivity index (χ4v) is 7.94. The van der Waals surface area contributed by atoms with Gasteiger partial charge < -0.3 is 4.42 Å². The van der Waals surface area contributed by atoms with Crippen molar-refractivity contribution in [3.63, 3.8) is 0 Å². The molecule has 0 saturated carbocycles. The number of fused-ring (bicyclic) bond motifs is 9. The Balaban J connectivity index is 1.14. The van der Waals surface area contributed by atoms with Crippen LogP contribution in [0.5, 0.6) is 0 Å². The van der Waals surface area contributed by atoms with Crippen molar-refractivity contribution in [3.8, 4) is 44.5 Å². The second kappa shape index (κ2) is 8.36. The first kappa shape index (κ1) is 24.7. The number of hydrogen-bond donors (Lipinski definition) is 0. The lowest BCUT2D eigenvalue weighted by atomic mass is 9.80. The Morgan fingerprint density at radius 1 is 0.395 bits per heavy atom. The normalized spacial score (nSPS) is 15.3. The van der Waals surface area contributed by atoms with E-state index in [1.165, 1.54) is 72.0 Å². The van der Waals surface area contributed by atoms with Gasteiger partial charge in [-0.05, 0) is 85.5 Å². The molecule has 2 aliphatic rings. The number of rotatable bonds is 2. The van der Waals surface area contributed by atoms with Crippen LogP contribution in [0.25, 0.3) is 66.4 Å². The van der Waals surface area contributed by atoms with E-state index in [1.807, 2.05) is 6.07 Å². The highest BCUT2D eigenvalue weighted by molar-refractivity contribution is 6.09. The van der Waals surface area contributed by atoms with Crippen LogP contribution in [-0.4, -0.2) is 0 Å². The van der Waals surface area contributed by atoms with Crippen LogP contribution in [0.4, 0.5) is 0 Å². The van der Waals surface area contributed by atoms with E-state index in [9.17, 15) is 0 Å². The summed E-state index contributed by atoms with van der Waals surface area (Å²) in [5.41, 5.74) is 17.7. The molecule has 0 saturated heterocycles. The summed E-state index contributed by atoms with van der Waals surface area (Å²) in [5, 5.41) is 2.33. The van der Waals surface area contributed by atoms with Gasteiger partial charge in [-0.25, -0.2) is 0 Å². The van der Waals surface area contributed by atoms with Crippen molar-refractivity contribution in [1.82, 2.24) is 0 Å². The average molecular weight is 553 g/mol. The second-order valence-corrected chi connectivity index (χ2v) is 13.4. The number of para-hydroxylation sites is 2. The summed E-state index contributed by atoms with van der Waals surface area (Å²) in [4.78, 5) is 0. The fourth-order valence-electron chi connectivity index (χ4n) is 7.94. The molecule has 0 unspecified atom stereocenters. The maximum Gasteiger partial charge on any atom is 0.143 e. The van der Waals surface area contributed by atoms with Gasteiger partial charge in [0.25, 0.3) is 0 Å². The Morgan fingerprint density at radius 2 is 0.884 bits per heavy atom. The molecule has 0 atom stereocenters. The predicted molar refractivity (Wildman–Crippen MR) is 180 cm³/mol. The largest absolute Gasteiger partial charge is 0.455 e. The average Bonchev–Trinajstić information content (AvgIpc) is 3.60. The second-order valence-electron chi connectivity index (χ2n) is 13.4. The number of hydrogen-bond acceptors (Lipinski definition) is 1. The van der Waals surface area contributed by atoms with Gasteiger partial charge in [0.05, 0.1) is 0 Å². The molecular weight excluding hydrogens is 520 g/mol. The van der Waals surface area contributed by atoms with Gasteiger partial charge in [0.15, 0.2) is 0 Å². The minimum Gasteiger partial charge on any atom is -0.455 e. The number of furan rings is 1. The quantitative estimate of drug-likeness (QED) is 0.208. The summed E-state index contributed by atoms with van der Waals surface area (Å²) >= 11 is 0. The molecule has 9 rings (SSSR count). The van der Waals surface area contributed by atoms with E-state index in [-0.39, 0.29) is 10.8 Å². The van der Waals surface area contributed by atoms with E-state index >= 15 is 0 Å². The van der Waals surface area contributed by atoms with Crippen LogP contribution >= 0.6 is 0 Å². The highest BCUT2D eigenvalue weighted by Gasteiger charge is 2.37. The molecule has 43 heavy (non-hydrogen) atoms. The molecule has 0 radical (unpaired) electrons. The van der Waals surface area contributed by atoms with Crippen molar-refractivity contribution in [3.05, 3.63) is 144 Å². The standard InChI is InChI=1S/C42H32O/c1-41(2)35-14-7-5-10-29(35)30-19-16-25(22-36(30)41)26-17-20-31-32-21-18-27(24-38(32)42(3,4)37(31)23-26)28-12-9-13-34-33-11-6-8-15-39(33)43-40(28)34/h5-24H,1-4H3. The van der Waals surface area contributed by atoms with Crippen molar-refractivity contribution < 1.29 is 4.42 Å². The zero-order chi connectivity index (χ0) is 29.1. The third kappa shape index (κ3) is 3.28. The highest BCUT2D eigenvalue weighted by Crippen LogP contribution is 2.53. The van der Waals surface area contributed by atoms with Crippen molar-refractivity contribution in [2.24, 2.45) is 0 Å². The van der Waals surface area contributed by atoms with Gasteiger partial charge in [0.2, 0.25) is 0 Å². The molecule has 0 fully saturated rings. The van der Waals surface area contributed by atoms with Crippen LogP contribution in [0.2, 0.25) is 0 Å². The first-order valence-electron chi connectivity index (χ1n) is 15.3. The lowest BCUT2D eigenvalue weighted by Crippen LogP contribution is -2.15. The summed E-state index contributed by atoms with van der Waals surface area (Å²) in [5.74, 6) is 0. The van der Waals surface area contributed by atoms with E-state index in [0.717, 1.165) is 16.7 Å². The lowest BCUT2D eigenvalue weighted by Gasteiger charge is -2.23. The van der Waals surface area contributed by atoms with E-state index in [0.29, 0.717) is 0 Å². The summed E-state index contributed by atoms with van der Waals surface area (Å²) < 4.78 is 6.40. The van der Waals surface area contributed by atoms with Gasteiger partial charge in [-0.1, -0.05) is 125 Å². The van der Waals surface area contributed by atoms with Gasteiger partial charge in [-0.3, -0.25) is 0 Å². The smallest absolute Gasteiger partial charge is 0.143 e. The molecule has 1 heteroatoms. The number of benzene rings is 6. The van der Waals surface area contributed by atoms with Crippen LogP contribution in [0.1, 0.15) is 49.9 Å². The Morgan fingerprint density at radius 3 is 1.58 bits per heavy atom. The topological polar surface area (TPSA) is 13.1 Å². The molecule has 0 N–H and O–H groups in total. The molecule has 7 aromatic rings. The summed E-state index contributed by atoms with van der Waals surface area (Å²) in [6, 6.07) is 44.8. The molecule has 2 aliphatic carbocycles. The van der Waals surface area contributed by atoms with E-state index in [4.69, 9.17) is 4.42 Å². The van der Waals surface area contributed by atoms with Crippen LogP contribution < -0.4 is 0 Å². The lowest BCUT2D eigenvalue weighted by molar-refractivity contribution is 0.659. The molecule has 1 nitrogen and oxygen atoms in total. The molecule has 0 aliphatic heterocycles. The predicted octanol–water partition coefficient (Wildman–Crippen LogP) is 11.5. The van der Waals surface area contributed by atoms with Crippen LogP contribution in [-0.2, 0) is 10.8 Å². The summed E-state index contributed by atoms with van der Waals surface area (Å²) in [6.07, 6.45) is 0. The zero-order valence-corrected chi connectivity index (χ0v) is 25.0. The monoisotopic (exact) mass is 552 g/mol. The maximum absolute atomic E-state index is 6.40. The molecule has 1 heterocycles. The van der Waals surface area contributed by atoms with E-state index < -0.39 is 0 Å². The molecule has 0 spiro atoms. The van der Waals surface area contributed by atoms with Crippen molar-refractivity contribution in [1.29, 1.82) is 0 Å². The molecule has 6 aromatic carbocycles. The first-order valence-corrected chi connectivity index (χ1v) is 15.3. The maximum atomic E-state index is 6.40. The third-order valence-corrected chi connectivity index (χ3v) is 10.3. The van der Waals surface area contributed by atoms with Gasteiger partial charge in [0.1, 0.15) is 11.2 Å². The van der Waals surface area contributed by atoms with Crippen molar-refractivity contribution in [2.75, 3.05) is 0 Å². The molecule has 1 aromatic heterocycles. The van der Waals surface area contributed by atoms with Crippen LogP contribution in [0.15, 0.2) is 126 Å². The molecule has 0 amide bonds. The minimum absolute atomic E-state index is 0.00668. The SMILES string of the molecule is CC1(C)c2ccccc2-c2ccc(-c3ccc4c(c3)C(C)(C)c3cc(-c5cccc6c5oc5ccccc56)ccc3-4)cc21. The van der Waals surface area contributed by atoms with Crippen LogP contribution in [0, 0.1) is 0 Å². The van der Waals surface area contributed by atoms with Gasteiger partial charge in [0, 0.05) is 27.2 Å². The van der Waals surface area contributed by atoms with Gasteiger partial charge in [-0.15, -0.1) is 0 Å². The molecular formula is C42H32O. The highest BCUT2D eigenvalue weighted by atomic mass is 16.3. The first-order chi connectivity index (χ1) is 20.8. The zero-order valence-electron chi connectivity index (χ0n) is 25.0. The van der Waals surface area contributed by atoms with Crippen molar-refractivity contribution >= 4 is 21.9 Å². The van der Waals surface area contributed by atoms with E-state index in [1.54, 1.807) is 0 Å². The van der Waals surface area contributed by atoms with Gasteiger partial charge in [-0.2, -0.15) is 0 Å². The minimum atomic E-state index is -0.120. The Hall–Kier alpha value is -4.88. The molecule has 206 valence electrons. The Kier molecular flexibility index (Phi) is 4.80. The Bertz CT molecular complexity index is 2290. The molecule has 0 bridgehead atoms.